The Labute approximate surface area is 174 Å². The van der Waals surface area contributed by atoms with Crippen LogP contribution in [0, 0.1) is 6.92 Å². The fourth-order valence-electron chi connectivity index (χ4n) is 3.77. The summed E-state index contributed by atoms with van der Waals surface area (Å²) < 4.78 is 6.84. The Bertz CT molecular complexity index is 1330. The molecule has 0 radical (unpaired) electrons. The van der Waals surface area contributed by atoms with E-state index in [1.165, 1.54) is 0 Å². The molecule has 0 saturated carbocycles. The summed E-state index contributed by atoms with van der Waals surface area (Å²) in [5.74, 6) is 0.191. The lowest BCUT2D eigenvalue weighted by atomic mass is 9.98. The van der Waals surface area contributed by atoms with E-state index < -0.39 is 6.04 Å². The third kappa shape index (κ3) is 2.79. The number of carbonyl (C=O) groups excluding carboxylic acids is 1. The van der Waals surface area contributed by atoms with E-state index in [2.05, 4.69) is 20.9 Å². The molecule has 6 heteroatoms. The van der Waals surface area contributed by atoms with Gasteiger partial charge in [-0.3, -0.25) is 14.5 Å². The van der Waals surface area contributed by atoms with E-state index in [1.54, 1.807) is 35.4 Å². The molecule has 1 aliphatic heterocycles. The molecular weight excluding hydrogens is 432 g/mol. The van der Waals surface area contributed by atoms with Gasteiger partial charge in [0.25, 0.3) is 5.91 Å². The van der Waals surface area contributed by atoms with Crippen molar-refractivity contribution < 1.29 is 9.21 Å². The zero-order chi connectivity index (χ0) is 20.1. The molecule has 0 saturated heterocycles. The summed E-state index contributed by atoms with van der Waals surface area (Å²) in [6.45, 7) is 1.94. The van der Waals surface area contributed by atoms with Crippen molar-refractivity contribution in [3.05, 3.63) is 104 Å². The maximum Gasteiger partial charge on any atom is 0.296 e. The second kappa shape index (κ2) is 6.67. The first-order valence-corrected chi connectivity index (χ1v) is 9.91. The van der Waals surface area contributed by atoms with E-state index in [9.17, 15) is 9.59 Å². The average Bonchev–Trinajstić information content (AvgIpc) is 3.02. The van der Waals surface area contributed by atoms with Crippen molar-refractivity contribution >= 4 is 38.6 Å². The maximum atomic E-state index is 13.4. The van der Waals surface area contributed by atoms with Crippen LogP contribution in [-0.4, -0.2) is 10.9 Å². The molecule has 5 nitrogen and oxygen atoms in total. The van der Waals surface area contributed by atoms with E-state index in [-0.39, 0.29) is 17.1 Å². The first-order chi connectivity index (χ1) is 14.0. The monoisotopic (exact) mass is 446 g/mol. The van der Waals surface area contributed by atoms with Crippen LogP contribution in [0.25, 0.3) is 11.0 Å². The van der Waals surface area contributed by atoms with Gasteiger partial charge in [0.2, 0.25) is 5.76 Å². The van der Waals surface area contributed by atoms with Crippen LogP contribution in [0.2, 0.25) is 0 Å². The first-order valence-electron chi connectivity index (χ1n) is 9.12. The molecule has 29 heavy (non-hydrogen) atoms. The number of benzene rings is 2. The molecule has 142 valence electrons. The van der Waals surface area contributed by atoms with Gasteiger partial charge in [0.1, 0.15) is 11.4 Å². The molecule has 4 aromatic rings. The molecule has 0 unspecified atom stereocenters. The number of rotatable bonds is 2. The number of carbonyl (C=O) groups is 1. The van der Waals surface area contributed by atoms with Crippen molar-refractivity contribution in [1.29, 1.82) is 0 Å². The quantitative estimate of drug-likeness (QED) is 0.434. The maximum absolute atomic E-state index is 13.4. The highest BCUT2D eigenvalue weighted by atomic mass is 79.9. The van der Waals surface area contributed by atoms with Crippen molar-refractivity contribution in [1.82, 2.24) is 4.98 Å². The molecule has 2 aromatic carbocycles. The van der Waals surface area contributed by atoms with Crippen LogP contribution in [-0.2, 0) is 0 Å². The lowest BCUT2D eigenvalue weighted by Crippen LogP contribution is -2.30. The van der Waals surface area contributed by atoms with Gasteiger partial charge >= 0.3 is 0 Å². The summed E-state index contributed by atoms with van der Waals surface area (Å²) in [5, 5.41) is 0.459. The summed E-state index contributed by atoms with van der Waals surface area (Å²) in [6.07, 6.45) is 1.66. The number of aromatic nitrogens is 1. The van der Waals surface area contributed by atoms with E-state index in [4.69, 9.17) is 4.42 Å². The number of halogens is 1. The summed E-state index contributed by atoms with van der Waals surface area (Å²) in [5.41, 5.74) is 2.33. The number of amides is 1. The van der Waals surface area contributed by atoms with Gasteiger partial charge in [-0.2, -0.15) is 0 Å². The molecular formula is C23H15BrN2O3. The largest absolute Gasteiger partial charge is 0.450 e. The minimum Gasteiger partial charge on any atom is -0.450 e. The highest BCUT2D eigenvalue weighted by Gasteiger charge is 2.44. The summed E-state index contributed by atoms with van der Waals surface area (Å²) >= 11 is 3.44. The molecule has 0 fully saturated rings. The summed E-state index contributed by atoms with van der Waals surface area (Å²) in [6, 6.07) is 17.7. The van der Waals surface area contributed by atoms with E-state index in [1.807, 2.05) is 43.3 Å². The van der Waals surface area contributed by atoms with Gasteiger partial charge < -0.3 is 4.42 Å². The van der Waals surface area contributed by atoms with Crippen molar-refractivity contribution in [2.24, 2.45) is 0 Å². The van der Waals surface area contributed by atoms with Crippen LogP contribution in [0.1, 0.15) is 33.3 Å². The Morgan fingerprint density at radius 1 is 1.03 bits per heavy atom. The van der Waals surface area contributed by atoms with Crippen LogP contribution in [0.4, 0.5) is 5.82 Å². The Balaban J connectivity index is 1.82. The van der Waals surface area contributed by atoms with Crippen molar-refractivity contribution in [3.63, 3.8) is 0 Å². The molecule has 2 aromatic heterocycles. The second-order valence-electron chi connectivity index (χ2n) is 6.99. The van der Waals surface area contributed by atoms with Crippen LogP contribution >= 0.6 is 15.9 Å². The van der Waals surface area contributed by atoms with E-state index >= 15 is 0 Å². The Morgan fingerprint density at radius 2 is 1.79 bits per heavy atom. The van der Waals surface area contributed by atoms with Gasteiger partial charge in [-0.1, -0.05) is 40.2 Å². The molecule has 0 aliphatic carbocycles. The molecule has 0 spiro atoms. The van der Waals surface area contributed by atoms with Gasteiger partial charge in [-0.15, -0.1) is 0 Å². The lowest BCUT2D eigenvalue weighted by Gasteiger charge is -2.24. The Hall–Kier alpha value is -3.25. The standard InChI is InChI=1S/C23H15BrN2O3/c1-13-10-11-25-18(12-13)26-20(14-6-8-15(24)9-7-14)19-21(27)16-4-2-3-5-17(16)29-22(19)23(26)28/h2-12,20H,1H3/t20-/m1/s1. The smallest absolute Gasteiger partial charge is 0.296 e. The van der Waals surface area contributed by atoms with Gasteiger partial charge in [0.15, 0.2) is 5.43 Å². The predicted octanol–water partition coefficient (Wildman–Crippen LogP) is 5.01. The van der Waals surface area contributed by atoms with Crippen LogP contribution < -0.4 is 10.3 Å². The number of aryl methyl sites for hydroxylation is 1. The van der Waals surface area contributed by atoms with Gasteiger partial charge in [-0.25, -0.2) is 4.98 Å². The summed E-state index contributed by atoms with van der Waals surface area (Å²) in [4.78, 5) is 32.7. The summed E-state index contributed by atoms with van der Waals surface area (Å²) in [7, 11) is 0. The third-order valence-electron chi connectivity index (χ3n) is 5.11. The SMILES string of the molecule is Cc1ccnc(N2C(=O)c3oc4ccccc4c(=O)c3[C@H]2c2ccc(Br)cc2)c1. The van der Waals surface area contributed by atoms with E-state index in [0.717, 1.165) is 15.6 Å². The molecule has 0 N–H and O–H groups in total. The van der Waals surface area contributed by atoms with Crippen molar-refractivity contribution in [2.75, 3.05) is 4.90 Å². The molecule has 5 rings (SSSR count). The Morgan fingerprint density at radius 3 is 2.55 bits per heavy atom. The minimum absolute atomic E-state index is 0.0740. The van der Waals surface area contributed by atoms with Gasteiger partial charge in [0.05, 0.1) is 17.0 Å². The predicted molar refractivity (Wildman–Crippen MR) is 114 cm³/mol. The normalized spacial score (nSPS) is 15.7. The number of para-hydroxylation sites is 1. The molecule has 0 bridgehead atoms. The van der Waals surface area contributed by atoms with Gasteiger partial charge in [0, 0.05) is 10.7 Å². The lowest BCUT2D eigenvalue weighted by molar-refractivity contribution is 0.0970. The molecule has 1 atom stereocenters. The number of nitrogens with zero attached hydrogens (tertiary/aromatic N) is 2. The van der Waals surface area contributed by atoms with Crippen LogP contribution in [0.5, 0.6) is 0 Å². The Kier molecular flexibility index (Phi) is 4.10. The fraction of sp³-hybridized carbons (Fsp3) is 0.0870. The number of hydrogen-bond donors (Lipinski definition) is 0. The number of pyridine rings is 1. The van der Waals surface area contributed by atoms with Crippen molar-refractivity contribution in [3.8, 4) is 0 Å². The zero-order valence-electron chi connectivity index (χ0n) is 15.4. The number of anilines is 1. The first kappa shape index (κ1) is 17.8. The number of fused-ring (bicyclic) bond motifs is 2. The minimum atomic E-state index is -0.610. The second-order valence-corrected chi connectivity index (χ2v) is 7.91. The topological polar surface area (TPSA) is 63.4 Å². The van der Waals surface area contributed by atoms with Crippen LogP contribution in [0.15, 0.2) is 80.5 Å². The highest BCUT2D eigenvalue weighted by molar-refractivity contribution is 9.10. The average molecular weight is 447 g/mol. The van der Waals surface area contributed by atoms with Crippen molar-refractivity contribution in [2.45, 2.75) is 13.0 Å². The number of hydrogen-bond acceptors (Lipinski definition) is 4. The molecule has 1 amide bonds. The van der Waals surface area contributed by atoms with Crippen LogP contribution in [0.3, 0.4) is 0 Å². The zero-order valence-corrected chi connectivity index (χ0v) is 17.0. The fourth-order valence-corrected chi connectivity index (χ4v) is 4.03. The molecule has 3 heterocycles. The van der Waals surface area contributed by atoms with Gasteiger partial charge in [-0.05, 0) is 54.4 Å². The van der Waals surface area contributed by atoms with E-state index in [0.29, 0.717) is 22.4 Å². The molecule has 1 aliphatic rings. The highest BCUT2D eigenvalue weighted by Crippen LogP contribution is 2.40. The third-order valence-corrected chi connectivity index (χ3v) is 5.64.